The van der Waals surface area contributed by atoms with Gasteiger partial charge < -0.3 is 5.73 Å². The van der Waals surface area contributed by atoms with E-state index >= 15 is 0 Å². The number of nitrogens with two attached hydrogens (primary N) is 1. The molecule has 0 radical (unpaired) electrons. The highest BCUT2D eigenvalue weighted by molar-refractivity contribution is 7.98. The minimum Gasteiger partial charge on any atom is -0.399 e. The Hall–Kier alpha value is -1.74. The zero-order valence-electron chi connectivity index (χ0n) is 12.1. The second-order valence-electron chi connectivity index (χ2n) is 3.84. The first kappa shape index (κ1) is 18.3. The smallest absolute Gasteiger partial charge is 0.269 e. The molecule has 0 aliphatic rings. The fourth-order valence-corrected chi connectivity index (χ4v) is 2.10. The van der Waals surface area contributed by atoms with Crippen molar-refractivity contribution in [1.29, 1.82) is 0 Å². The third-order valence-electron chi connectivity index (χ3n) is 2.36. The molecule has 2 N–H and O–H groups in total. The predicted molar refractivity (Wildman–Crippen MR) is 89.7 cm³/mol. The van der Waals surface area contributed by atoms with Crippen LogP contribution in [0.2, 0.25) is 0 Å². The Morgan fingerprint density at radius 3 is 2.05 bits per heavy atom. The monoisotopic (exact) mass is 340 g/mol. The lowest BCUT2D eigenvalue weighted by Crippen LogP contribution is -1.85. The summed E-state index contributed by atoms with van der Waals surface area (Å²) >= 11 is 2.72. The van der Waals surface area contributed by atoms with Crippen LogP contribution >= 0.6 is 23.8 Å². The van der Waals surface area contributed by atoms with Gasteiger partial charge in [0.05, 0.1) is 24.1 Å². The summed E-state index contributed by atoms with van der Waals surface area (Å²) < 4.78 is 4.64. The summed E-state index contributed by atoms with van der Waals surface area (Å²) in [5.41, 5.74) is 6.36. The fraction of sp³-hybridized carbons (Fsp3) is 0.143. The van der Waals surface area contributed by atoms with Gasteiger partial charge in [0.2, 0.25) is 0 Å². The standard InChI is InChI=1S/C7H7NO2S.C7H9NO2S/c1-11-7-4-2-6(3-5-7)8(9)10;1-9-10-11-7-4-2-6(8)3-5-7/h2-5H,1H3;2-5H,8H2,1H3. The molecular formula is C14H16N2O4S2. The molecule has 0 atom stereocenters. The van der Waals surface area contributed by atoms with E-state index in [1.54, 1.807) is 36.0 Å². The van der Waals surface area contributed by atoms with Gasteiger partial charge in [0.25, 0.3) is 5.69 Å². The van der Waals surface area contributed by atoms with Crippen molar-refractivity contribution in [2.45, 2.75) is 9.79 Å². The quantitative estimate of drug-likeness (QED) is 0.218. The molecule has 8 heteroatoms. The van der Waals surface area contributed by atoms with E-state index in [9.17, 15) is 10.1 Å². The van der Waals surface area contributed by atoms with Gasteiger partial charge in [-0.15, -0.1) is 11.8 Å². The molecule has 0 aliphatic heterocycles. The number of rotatable bonds is 5. The van der Waals surface area contributed by atoms with Crippen LogP contribution in [0.15, 0.2) is 58.3 Å². The lowest BCUT2D eigenvalue weighted by molar-refractivity contribution is -0.384. The molecule has 2 aromatic rings. The highest BCUT2D eigenvalue weighted by atomic mass is 32.2. The Labute approximate surface area is 137 Å². The molecule has 6 nitrogen and oxygen atoms in total. The van der Waals surface area contributed by atoms with Crippen molar-refractivity contribution < 1.29 is 14.1 Å². The van der Waals surface area contributed by atoms with Crippen LogP contribution in [0.4, 0.5) is 11.4 Å². The molecule has 0 aliphatic carbocycles. The molecule has 0 fully saturated rings. The van der Waals surface area contributed by atoms with Crippen LogP contribution < -0.4 is 5.73 Å². The highest BCUT2D eigenvalue weighted by Crippen LogP contribution is 2.20. The molecule has 0 aromatic heterocycles. The molecule has 0 unspecified atom stereocenters. The number of nitro groups is 1. The van der Waals surface area contributed by atoms with E-state index < -0.39 is 4.92 Å². The molecule has 0 spiro atoms. The van der Waals surface area contributed by atoms with E-state index in [-0.39, 0.29) is 5.69 Å². The maximum Gasteiger partial charge on any atom is 0.269 e. The average molecular weight is 340 g/mol. The topological polar surface area (TPSA) is 87.6 Å². The Kier molecular flexibility index (Phi) is 8.38. The highest BCUT2D eigenvalue weighted by Gasteiger charge is 2.02. The molecule has 0 saturated heterocycles. The first-order chi connectivity index (χ1) is 10.6. The minimum atomic E-state index is -0.399. The van der Waals surface area contributed by atoms with Crippen LogP contribution in [0, 0.1) is 10.1 Å². The van der Waals surface area contributed by atoms with Crippen molar-refractivity contribution in [3.8, 4) is 0 Å². The van der Waals surface area contributed by atoms with E-state index in [1.807, 2.05) is 18.4 Å². The third-order valence-corrected chi connectivity index (χ3v) is 3.77. The Balaban J connectivity index is 0.000000220. The predicted octanol–water partition coefficient (Wildman–Crippen LogP) is 4.17. The molecule has 22 heavy (non-hydrogen) atoms. The number of nitrogen functional groups attached to an aromatic ring is 1. The van der Waals surface area contributed by atoms with Gasteiger partial charge >= 0.3 is 0 Å². The van der Waals surface area contributed by atoms with Crippen LogP contribution in [0.5, 0.6) is 0 Å². The summed E-state index contributed by atoms with van der Waals surface area (Å²) in [6.07, 6.45) is 1.93. The molecule has 0 heterocycles. The SMILES string of the molecule is COOSc1ccc(N)cc1.CSc1ccc([N+](=O)[O-])cc1. The Bertz CT molecular complexity index is 576. The maximum atomic E-state index is 10.2. The number of hydrogen-bond acceptors (Lipinski definition) is 7. The van der Waals surface area contributed by atoms with Crippen molar-refractivity contribution >= 4 is 35.2 Å². The summed E-state index contributed by atoms with van der Waals surface area (Å²) in [7, 11) is 1.46. The van der Waals surface area contributed by atoms with Gasteiger partial charge in [-0.2, -0.15) is 4.33 Å². The summed E-state index contributed by atoms with van der Waals surface area (Å²) in [5.74, 6) is 0. The van der Waals surface area contributed by atoms with Gasteiger partial charge in [-0.25, -0.2) is 4.89 Å². The van der Waals surface area contributed by atoms with Crippen molar-refractivity contribution in [3.63, 3.8) is 0 Å². The number of anilines is 1. The van der Waals surface area contributed by atoms with Gasteiger partial charge in [-0.1, -0.05) is 0 Å². The summed E-state index contributed by atoms with van der Waals surface area (Å²) in [4.78, 5) is 16.2. The van der Waals surface area contributed by atoms with Crippen LogP contribution in [0.3, 0.4) is 0 Å². The van der Waals surface area contributed by atoms with Gasteiger partial charge in [-0.3, -0.25) is 10.1 Å². The molecule has 2 aromatic carbocycles. The van der Waals surface area contributed by atoms with E-state index in [2.05, 4.69) is 9.22 Å². The average Bonchev–Trinajstić information content (AvgIpc) is 2.55. The zero-order chi connectivity index (χ0) is 16.4. The number of benzene rings is 2. The largest absolute Gasteiger partial charge is 0.399 e. The number of thioether (sulfide) groups is 1. The van der Waals surface area contributed by atoms with Crippen molar-refractivity contribution in [3.05, 3.63) is 58.6 Å². The van der Waals surface area contributed by atoms with Crippen LogP contribution in [0.1, 0.15) is 0 Å². The molecule has 2 rings (SSSR count). The van der Waals surface area contributed by atoms with Crippen molar-refractivity contribution in [1.82, 2.24) is 0 Å². The lowest BCUT2D eigenvalue weighted by Gasteiger charge is -1.97. The summed E-state index contributed by atoms with van der Waals surface area (Å²) in [5, 5.41) is 10.2. The first-order valence-corrected chi connectivity index (χ1v) is 8.04. The summed E-state index contributed by atoms with van der Waals surface area (Å²) in [6.45, 7) is 0. The second-order valence-corrected chi connectivity index (χ2v) is 5.50. The second kappa shape index (κ2) is 10.1. The zero-order valence-corrected chi connectivity index (χ0v) is 13.7. The van der Waals surface area contributed by atoms with Gasteiger partial charge in [0, 0.05) is 27.6 Å². The number of hydrogen-bond donors (Lipinski definition) is 1. The Morgan fingerprint density at radius 1 is 1.05 bits per heavy atom. The van der Waals surface area contributed by atoms with Crippen LogP contribution in [0.25, 0.3) is 0 Å². The number of nitrogens with zero attached hydrogens (tertiary/aromatic N) is 1. The van der Waals surface area contributed by atoms with Crippen LogP contribution in [-0.2, 0) is 9.22 Å². The number of non-ortho nitro benzene ring substituents is 1. The first-order valence-electron chi connectivity index (χ1n) is 6.08. The van der Waals surface area contributed by atoms with E-state index in [1.165, 1.54) is 19.2 Å². The van der Waals surface area contributed by atoms with Gasteiger partial charge in [-0.05, 0) is 42.7 Å². The summed E-state index contributed by atoms with van der Waals surface area (Å²) in [6, 6.07) is 13.8. The molecule has 118 valence electrons. The van der Waals surface area contributed by atoms with Crippen molar-refractivity contribution in [2.24, 2.45) is 0 Å². The molecule has 0 saturated carbocycles. The van der Waals surface area contributed by atoms with Gasteiger partial charge in [0.1, 0.15) is 0 Å². The van der Waals surface area contributed by atoms with Gasteiger partial charge in [0.15, 0.2) is 0 Å². The van der Waals surface area contributed by atoms with Crippen molar-refractivity contribution in [2.75, 3.05) is 19.1 Å². The third kappa shape index (κ3) is 6.81. The molecular weight excluding hydrogens is 324 g/mol. The lowest BCUT2D eigenvalue weighted by atomic mass is 10.3. The van der Waals surface area contributed by atoms with E-state index in [0.29, 0.717) is 0 Å². The molecule has 0 bridgehead atoms. The minimum absolute atomic E-state index is 0.141. The van der Waals surface area contributed by atoms with Crippen LogP contribution in [-0.4, -0.2) is 18.3 Å². The van der Waals surface area contributed by atoms with E-state index in [4.69, 9.17) is 5.73 Å². The maximum absolute atomic E-state index is 10.2. The van der Waals surface area contributed by atoms with E-state index in [0.717, 1.165) is 27.5 Å². The normalized spacial score (nSPS) is 9.73. The number of nitro benzene ring substituents is 1. The fourth-order valence-electron chi connectivity index (χ4n) is 1.30. The molecule has 0 amide bonds. The Morgan fingerprint density at radius 2 is 1.59 bits per heavy atom.